The molecule has 2 atom stereocenters. The second kappa shape index (κ2) is 5.33. The molecule has 114 valence electrons. The van der Waals surface area contributed by atoms with Crippen molar-refractivity contribution in [3.8, 4) is 0 Å². The number of rotatable bonds is 1. The summed E-state index contributed by atoms with van der Waals surface area (Å²) in [6.45, 7) is 1.84. The lowest BCUT2D eigenvalue weighted by atomic mass is 9.88. The van der Waals surface area contributed by atoms with E-state index in [9.17, 15) is 0 Å². The lowest BCUT2D eigenvalue weighted by molar-refractivity contribution is 0.367. The molecule has 1 fully saturated rings. The highest BCUT2D eigenvalue weighted by Gasteiger charge is 2.34. The highest BCUT2D eigenvalue weighted by atomic mass is 15.2. The van der Waals surface area contributed by atoms with Gasteiger partial charge in [-0.2, -0.15) is 0 Å². The Labute approximate surface area is 132 Å². The van der Waals surface area contributed by atoms with Gasteiger partial charge >= 0.3 is 0 Å². The summed E-state index contributed by atoms with van der Waals surface area (Å²) >= 11 is 0. The van der Waals surface area contributed by atoms with Crippen molar-refractivity contribution < 1.29 is 0 Å². The van der Waals surface area contributed by atoms with Gasteiger partial charge in [-0.3, -0.25) is 0 Å². The van der Waals surface area contributed by atoms with Crippen LogP contribution in [-0.2, 0) is 0 Å². The van der Waals surface area contributed by atoms with E-state index in [0.29, 0.717) is 12.0 Å². The molecule has 0 amide bonds. The van der Waals surface area contributed by atoms with Crippen LogP contribution in [0, 0.1) is 5.92 Å². The van der Waals surface area contributed by atoms with Crippen LogP contribution in [0.5, 0.6) is 0 Å². The predicted octanol–water partition coefficient (Wildman–Crippen LogP) is 3.68. The van der Waals surface area contributed by atoms with Gasteiger partial charge in [0.2, 0.25) is 0 Å². The Hall–Kier alpha value is -2.00. The zero-order valence-electron chi connectivity index (χ0n) is 13.1. The molecule has 2 aliphatic rings. The number of nitrogens with zero attached hydrogens (tertiary/aromatic N) is 2. The largest absolute Gasteiger partial charge is 0.362 e. The van der Waals surface area contributed by atoms with E-state index in [1.54, 1.807) is 0 Å². The third-order valence-corrected chi connectivity index (χ3v) is 5.22. The Bertz CT molecular complexity index is 682. The summed E-state index contributed by atoms with van der Waals surface area (Å²) in [5.41, 5.74) is 11.4. The first kappa shape index (κ1) is 13.6. The first-order valence-corrected chi connectivity index (χ1v) is 8.18. The molecular weight excluding hydrogens is 270 g/mol. The van der Waals surface area contributed by atoms with Crippen molar-refractivity contribution in [2.24, 2.45) is 11.7 Å². The minimum absolute atomic E-state index is 0.463. The van der Waals surface area contributed by atoms with Gasteiger partial charge in [-0.05, 0) is 49.1 Å². The fourth-order valence-corrected chi connectivity index (χ4v) is 4.02. The molecule has 0 bridgehead atoms. The number of para-hydroxylation sites is 3. The molecule has 0 aromatic heterocycles. The summed E-state index contributed by atoms with van der Waals surface area (Å²) in [6.07, 6.45) is 2.40. The normalized spacial score (nSPS) is 23.4. The molecule has 0 saturated carbocycles. The molecule has 3 heteroatoms. The maximum Gasteiger partial charge on any atom is 0.0646 e. The highest BCUT2D eigenvalue weighted by Crippen LogP contribution is 2.48. The fourth-order valence-electron chi connectivity index (χ4n) is 4.02. The third kappa shape index (κ3) is 2.00. The summed E-state index contributed by atoms with van der Waals surface area (Å²) in [6, 6.07) is 18.0. The molecule has 2 heterocycles. The standard InChI is InChI=1S/C19H23N3/c1-21-16-7-3-2-6-15(16)17-11-10-14(12-20)13-22(17)19-9-5-4-8-18(19)21/h2-9,14,17H,10-13,20H2,1H3. The second-order valence-electron chi connectivity index (χ2n) is 6.45. The van der Waals surface area contributed by atoms with Crippen LogP contribution in [0.2, 0.25) is 0 Å². The number of hydrogen-bond acceptors (Lipinski definition) is 3. The molecule has 3 nitrogen and oxygen atoms in total. The molecule has 22 heavy (non-hydrogen) atoms. The lowest BCUT2D eigenvalue weighted by Crippen LogP contribution is -2.40. The van der Waals surface area contributed by atoms with Gasteiger partial charge in [0.15, 0.2) is 0 Å². The number of anilines is 3. The molecular formula is C19H23N3. The van der Waals surface area contributed by atoms with E-state index in [1.807, 2.05) is 0 Å². The number of fused-ring (bicyclic) bond motifs is 5. The predicted molar refractivity (Wildman–Crippen MR) is 92.8 cm³/mol. The molecule has 2 aromatic rings. The van der Waals surface area contributed by atoms with Crippen LogP contribution >= 0.6 is 0 Å². The molecule has 4 rings (SSSR count). The minimum atomic E-state index is 0.463. The van der Waals surface area contributed by atoms with Gasteiger partial charge in [0.25, 0.3) is 0 Å². The Morgan fingerprint density at radius 2 is 1.64 bits per heavy atom. The van der Waals surface area contributed by atoms with E-state index in [1.165, 1.54) is 35.5 Å². The Kier molecular flexibility index (Phi) is 3.30. The summed E-state index contributed by atoms with van der Waals surface area (Å²) in [7, 11) is 2.18. The maximum atomic E-state index is 5.97. The van der Waals surface area contributed by atoms with Crippen LogP contribution in [0.3, 0.4) is 0 Å². The minimum Gasteiger partial charge on any atom is -0.362 e. The van der Waals surface area contributed by atoms with E-state index < -0.39 is 0 Å². The average Bonchev–Trinajstić information content (AvgIpc) is 2.70. The summed E-state index contributed by atoms with van der Waals surface area (Å²) in [5, 5.41) is 0. The van der Waals surface area contributed by atoms with Gasteiger partial charge in [-0.25, -0.2) is 0 Å². The van der Waals surface area contributed by atoms with Crippen molar-refractivity contribution in [1.29, 1.82) is 0 Å². The van der Waals surface area contributed by atoms with Crippen LogP contribution in [0.4, 0.5) is 17.1 Å². The number of nitrogens with two attached hydrogens (primary N) is 1. The SMILES string of the molecule is CN1c2ccccc2C2CCC(CN)CN2c2ccccc21. The van der Waals surface area contributed by atoms with Crippen molar-refractivity contribution in [3.63, 3.8) is 0 Å². The van der Waals surface area contributed by atoms with Crippen LogP contribution in [-0.4, -0.2) is 20.1 Å². The average molecular weight is 293 g/mol. The van der Waals surface area contributed by atoms with Crippen molar-refractivity contribution in [2.45, 2.75) is 18.9 Å². The van der Waals surface area contributed by atoms with Crippen molar-refractivity contribution in [1.82, 2.24) is 0 Å². The van der Waals surface area contributed by atoms with E-state index >= 15 is 0 Å². The molecule has 2 aromatic carbocycles. The van der Waals surface area contributed by atoms with Gasteiger partial charge in [0.1, 0.15) is 0 Å². The lowest BCUT2D eigenvalue weighted by Gasteiger charge is -2.40. The van der Waals surface area contributed by atoms with Crippen molar-refractivity contribution in [3.05, 3.63) is 54.1 Å². The van der Waals surface area contributed by atoms with Gasteiger partial charge in [0, 0.05) is 19.3 Å². The van der Waals surface area contributed by atoms with Crippen LogP contribution in [0.25, 0.3) is 0 Å². The first-order valence-electron chi connectivity index (χ1n) is 8.18. The Balaban J connectivity index is 1.90. The smallest absolute Gasteiger partial charge is 0.0646 e. The van der Waals surface area contributed by atoms with Crippen LogP contribution < -0.4 is 15.5 Å². The Morgan fingerprint density at radius 1 is 0.955 bits per heavy atom. The van der Waals surface area contributed by atoms with Crippen molar-refractivity contribution in [2.75, 3.05) is 29.9 Å². The van der Waals surface area contributed by atoms with Crippen LogP contribution in [0.15, 0.2) is 48.5 Å². The van der Waals surface area contributed by atoms with Crippen molar-refractivity contribution >= 4 is 17.1 Å². The topological polar surface area (TPSA) is 32.5 Å². The second-order valence-corrected chi connectivity index (χ2v) is 6.45. The molecule has 2 aliphatic heterocycles. The molecule has 0 radical (unpaired) electrons. The summed E-state index contributed by atoms with van der Waals surface area (Å²) in [4.78, 5) is 4.92. The van der Waals surface area contributed by atoms with E-state index in [2.05, 4.69) is 65.4 Å². The molecule has 1 saturated heterocycles. The first-order chi connectivity index (χ1) is 10.8. The van der Waals surface area contributed by atoms with Gasteiger partial charge in [-0.1, -0.05) is 30.3 Å². The number of piperidine rings is 1. The van der Waals surface area contributed by atoms with E-state index in [4.69, 9.17) is 5.73 Å². The summed E-state index contributed by atoms with van der Waals surface area (Å²) < 4.78 is 0. The highest BCUT2D eigenvalue weighted by molar-refractivity contribution is 5.81. The number of hydrogen-bond donors (Lipinski definition) is 1. The quantitative estimate of drug-likeness (QED) is 0.870. The fraction of sp³-hybridized carbons (Fsp3) is 0.368. The molecule has 0 spiro atoms. The monoisotopic (exact) mass is 293 g/mol. The van der Waals surface area contributed by atoms with E-state index in [0.717, 1.165) is 13.1 Å². The van der Waals surface area contributed by atoms with Crippen LogP contribution in [0.1, 0.15) is 24.4 Å². The van der Waals surface area contributed by atoms with Gasteiger partial charge in [0.05, 0.1) is 17.4 Å². The number of benzene rings is 2. The zero-order valence-corrected chi connectivity index (χ0v) is 13.1. The van der Waals surface area contributed by atoms with Gasteiger partial charge < -0.3 is 15.5 Å². The zero-order chi connectivity index (χ0) is 15.1. The molecule has 0 aliphatic carbocycles. The molecule has 2 N–H and O–H groups in total. The maximum absolute atomic E-state index is 5.97. The van der Waals surface area contributed by atoms with Gasteiger partial charge in [-0.15, -0.1) is 0 Å². The third-order valence-electron chi connectivity index (χ3n) is 5.22. The Morgan fingerprint density at radius 3 is 2.41 bits per heavy atom. The van der Waals surface area contributed by atoms with E-state index in [-0.39, 0.29) is 0 Å². The summed E-state index contributed by atoms with van der Waals surface area (Å²) in [5.74, 6) is 0.597. The molecule has 2 unspecified atom stereocenters.